The molecule has 1 aromatic carbocycles. The molecule has 0 aromatic heterocycles. The minimum Gasteiger partial charge on any atom is -0.482 e. The highest BCUT2D eigenvalue weighted by Gasteiger charge is 2.28. The van der Waals surface area contributed by atoms with Crippen molar-refractivity contribution in [2.24, 2.45) is 11.7 Å². The monoisotopic (exact) mass is 338 g/mol. The van der Waals surface area contributed by atoms with Crippen LogP contribution in [-0.4, -0.2) is 25.1 Å². The van der Waals surface area contributed by atoms with Crippen LogP contribution in [0.3, 0.4) is 0 Å². The van der Waals surface area contributed by atoms with Crippen molar-refractivity contribution >= 4 is 41.5 Å². The topological polar surface area (TPSA) is 64.3 Å². The number of hydrogen-bond acceptors (Lipinski definition) is 3. The molecule has 1 amide bonds. The van der Waals surface area contributed by atoms with Crippen molar-refractivity contribution in [3.05, 3.63) is 28.2 Å². The van der Waals surface area contributed by atoms with E-state index < -0.39 is 0 Å². The Morgan fingerprint density at radius 1 is 1.45 bits per heavy atom. The largest absolute Gasteiger partial charge is 0.482 e. The first kappa shape index (κ1) is 17.4. The predicted octanol–water partition coefficient (Wildman–Crippen LogP) is 2.65. The summed E-state index contributed by atoms with van der Waals surface area (Å²) < 4.78 is 5.32. The number of carbonyl (C=O) groups excluding carboxylic acids is 1. The Kier molecular flexibility index (Phi) is 6.89. The van der Waals surface area contributed by atoms with Gasteiger partial charge in [-0.25, -0.2) is 0 Å². The van der Waals surface area contributed by atoms with Gasteiger partial charge in [-0.1, -0.05) is 23.2 Å². The van der Waals surface area contributed by atoms with E-state index in [-0.39, 0.29) is 31.0 Å². The number of nitrogens with two attached hydrogens (primary N) is 1. The molecule has 1 unspecified atom stereocenters. The van der Waals surface area contributed by atoms with Crippen molar-refractivity contribution in [3.63, 3.8) is 0 Å². The summed E-state index contributed by atoms with van der Waals surface area (Å²) in [5.74, 6) is 0.742. The molecule has 1 saturated carbocycles. The highest BCUT2D eigenvalue weighted by Crippen LogP contribution is 2.31. The van der Waals surface area contributed by atoms with Crippen LogP contribution in [0.2, 0.25) is 10.0 Å². The minimum absolute atomic E-state index is 0. The minimum atomic E-state index is -0.216. The average molecular weight is 340 g/mol. The molecule has 0 bridgehead atoms. The van der Waals surface area contributed by atoms with E-state index >= 15 is 0 Å². The normalized spacial score (nSPS) is 15.2. The van der Waals surface area contributed by atoms with Gasteiger partial charge in [0.25, 0.3) is 5.91 Å². The molecule has 1 aliphatic carbocycles. The lowest BCUT2D eigenvalue weighted by atomic mass is 10.2. The maximum atomic E-state index is 11.6. The van der Waals surface area contributed by atoms with Crippen LogP contribution in [0.15, 0.2) is 18.2 Å². The van der Waals surface area contributed by atoms with Gasteiger partial charge in [0.15, 0.2) is 6.61 Å². The lowest BCUT2D eigenvalue weighted by molar-refractivity contribution is -0.123. The highest BCUT2D eigenvalue weighted by molar-refractivity contribution is 6.34. The zero-order valence-electron chi connectivity index (χ0n) is 10.8. The van der Waals surface area contributed by atoms with Gasteiger partial charge in [0.1, 0.15) is 5.75 Å². The molecular weight excluding hydrogens is 323 g/mol. The van der Waals surface area contributed by atoms with Crippen molar-refractivity contribution in [1.29, 1.82) is 0 Å². The van der Waals surface area contributed by atoms with Crippen molar-refractivity contribution in [3.8, 4) is 5.75 Å². The van der Waals surface area contributed by atoms with Gasteiger partial charge in [-0.3, -0.25) is 4.79 Å². The molecular formula is C13H17Cl3N2O2. The SMILES string of the molecule is Cl.NC(CNC(=O)COc1cc(Cl)ccc1Cl)C1CC1. The Morgan fingerprint density at radius 2 is 2.15 bits per heavy atom. The summed E-state index contributed by atoms with van der Waals surface area (Å²) in [7, 11) is 0. The van der Waals surface area contributed by atoms with Crippen LogP contribution in [0, 0.1) is 5.92 Å². The number of ether oxygens (including phenoxy) is 1. The van der Waals surface area contributed by atoms with Crippen LogP contribution in [0.4, 0.5) is 0 Å². The van der Waals surface area contributed by atoms with Crippen molar-refractivity contribution < 1.29 is 9.53 Å². The second kappa shape index (κ2) is 7.93. The Bertz CT molecular complexity index is 467. The molecule has 0 heterocycles. The first-order chi connectivity index (χ1) is 9.06. The summed E-state index contributed by atoms with van der Waals surface area (Å²) in [5, 5.41) is 3.68. The summed E-state index contributed by atoms with van der Waals surface area (Å²) in [4.78, 5) is 11.6. The van der Waals surface area contributed by atoms with Crippen LogP contribution in [0.25, 0.3) is 0 Å². The third kappa shape index (κ3) is 5.37. The molecule has 0 radical (unpaired) electrons. The quantitative estimate of drug-likeness (QED) is 0.837. The molecule has 0 spiro atoms. The first-order valence-electron chi connectivity index (χ1n) is 6.16. The van der Waals surface area contributed by atoms with Gasteiger partial charge in [0, 0.05) is 23.7 Å². The summed E-state index contributed by atoms with van der Waals surface area (Å²) >= 11 is 11.7. The van der Waals surface area contributed by atoms with E-state index in [4.69, 9.17) is 33.7 Å². The smallest absolute Gasteiger partial charge is 0.257 e. The fourth-order valence-corrected chi connectivity index (χ4v) is 2.04. The van der Waals surface area contributed by atoms with E-state index in [2.05, 4.69) is 5.32 Å². The fraction of sp³-hybridized carbons (Fsp3) is 0.462. The molecule has 4 nitrogen and oxygen atoms in total. The Hall–Kier alpha value is -0.680. The number of hydrogen-bond donors (Lipinski definition) is 2. The van der Waals surface area contributed by atoms with E-state index in [0.717, 1.165) is 12.8 Å². The molecule has 7 heteroatoms. The average Bonchev–Trinajstić information content (AvgIpc) is 3.21. The second-order valence-corrected chi connectivity index (χ2v) is 5.51. The summed E-state index contributed by atoms with van der Waals surface area (Å²) in [6, 6.07) is 4.90. The lowest BCUT2D eigenvalue weighted by Crippen LogP contribution is -2.40. The summed E-state index contributed by atoms with van der Waals surface area (Å²) in [5.41, 5.74) is 5.88. The number of amides is 1. The predicted molar refractivity (Wildman–Crippen MR) is 82.9 cm³/mol. The van der Waals surface area contributed by atoms with E-state index in [1.807, 2.05) is 0 Å². The van der Waals surface area contributed by atoms with Crippen molar-refractivity contribution in [2.45, 2.75) is 18.9 Å². The fourth-order valence-electron chi connectivity index (χ4n) is 1.70. The zero-order chi connectivity index (χ0) is 13.8. The third-order valence-corrected chi connectivity index (χ3v) is 3.56. The van der Waals surface area contributed by atoms with Crippen molar-refractivity contribution in [2.75, 3.05) is 13.2 Å². The standard InChI is InChI=1S/C13H16Cl2N2O2.ClH/c14-9-3-4-10(15)12(5-9)19-7-13(18)17-6-11(16)8-1-2-8;/h3-5,8,11H,1-2,6-7,16H2,(H,17,18);1H. The Balaban J connectivity index is 0.00000200. The molecule has 112 valence electrons. The Labute approximate surface area is 134 Å². The number of halogens is 3. The van der Waals surface area contributed by atoms with Gasteiger partial charge >= 0.3 is 0 Å². The molecule has 1 fully saturated rings. The van der Waals surface area contributed by atoms with Gasteiger partial charge in [-0.2, -0.15) is 0 Å². The van der Waals surface area contributed by atoms with Gasteiger partial charge in [-0.15, -0.1) is 12.4 Å². The zero-order valence-corrected chi connectivity index (χ0v) is 13.1. The van der Waals surface area contributed by atoms with Crippen LogP contribution >= 0.6 is 35.6 Å². The molecule has 1 atom stereocenters. The second-order valence-electron chi connectivity index (χ2n) is 4.67. The van der Waals surface area contributed by atoms with Crippen LogP contribution in [0.1, 0.15) is 12.8 Å². The molecule has 2 rings (SSSR count). The summed E-state index contributed by atoms with van der Waals surface area (Å²) in [6.07, 6.45) is 2.32. The van der Waals surface area contributed by atoms with Crippen molar-refractivity contribution in [1.82, 2.24) is 5.32 Å². The molecule has 3 N–H and O–H groups in total. The first-order valence-corrected chi connectivity index (χ1v) is 6.92. The van der Waals surface area contributed by atoms with Gasteiger partial charge < -0.3 is 15.8 Å². The molecule has 1 aliphatic rings. The Morgan fingerprint density at radius 3 is 2.80 bits per heavy atom. The summed E-state index contributed by atoms with van der Waals surface area (Å²) in [6.45, 7) is 0.383. The number of rotatable bonds is 6. The lowest BCUT2D eigenvalue weighted by Gasteiger charge is -2.12. The van der Waals surface area contributed by atoms with E-state index in [1.165, 1.54) is 0 Å². The molecule has 20 heavy (non-hydrogen) atoms. The molecule has 1 aromatic rings. The van der Waals surface area contributed by atoms with Gasteiger partial charge in [0.05, 0.1) is 5.02 Å². The number of carbonyl (C=O) groups is 1. The maximum Gasteiger partial charge on any atom is 0.257 e. The third-order valence-electron chi connectivity index (χ3n) is 3.01. The number of benzene rings is 1. The maximum absolute atomic E-state index is 11.6. The number of nitrogens with one attached hydrogen (secondary N) is 1. The van der Waals surface area contributed by atoms with E-state index in [9.17, 15) is 4.79 Å². The van der Waals surface area contributed by atoms with Gasteiger partial charge in [-0.05, 0) is 30.9 Å². The molecule has 0 saturated heterocycles. The van der Waals surface area contributed by atoms with E-state index in [0.29, 0.717) is 28.3 Å². The van der Waals surface area contributed by atoms with E-state index in [1.54, 1.807) is 18.2 Å². The van der Waals surface area contributed by atoms with Crippen LogP contribution in [-0.2, 0) is 4.79 Å². The highest BCUT2D eigenvalue weighted by atomic mass is 35.5. The van der Waals surface area contributed by atoms with Crippen LogP contribution < -0.4 is 15.8 Å². The van der Waals surface area contributed by atoms with Crippen LogP contribution in [0.5, 0.6) is 5.75 Å². The van der Waals surface area contributed by atoms with Gasteiger partial charge in [0.2, 0.25) is 0 Å². The molecule has 0 aliphatic heterocycles.